The second kappa shape index (κ2) is 5.38. The van der Waals surface area contributed by atoms with E-state index in [0.717, 1.165) is 12.0 Å². The molecule has 0 saturated carbocycles. The molecule has 5 heteroatoms. The first-order chi connectivity index (χ1) is 9.89. The molecule has 0 bridgehead atoms. The molecular formula is C16H25BN2O2. The van der Waals surface area contributed by atoms with Crippen LogP contribution >= 0.6 is 0 Å². The zero-order valence-corrected chi connectivity index (χ0v) is 13.5. The van der Waals surface area contributed by atoms with Crippen molar-refractivity contribution in [2.45, 2.75) is 64.2 Å². The highest BCUT2D eigenvalue weighted by Crippen LogP contribution is 2.36. The molecule has 0 aromatic carbocycles. The summed E-state index contributed by atoms with van der Waals surface area (Å²) in [5, 5.41) is 3.56. The molecule has 3 rings (SSSR count). The van der Waals surface area contributed by atoms with Crippen LogP contribution < -0.4 is 10.8 Å². The van der Waals surface area contributed by atoms with Crippen molar-refractivity contribution in [1.82, 2.24) is 10.3 Å². The fourth-order valence-corrected chi connectivity index (χ4v) is 2.91. The van der Waals surface area contributed by atoms with E-state index in [-0.39, 0.29) is 18.3 Å². The number of piperidine rings is 1. The summed E-state index contributed by atoms with van der Waals surface area (Å²) in [7, 11) is -0.328. The molecule has 0 aliphatic carbocycles. The van der Waals surface area contributed by atoms with Crippen molar-refractivity contribution in [1.29, 1.82) is 0 Å². The maximum Gasteiger partial charge on any atom is 0.496 e. The number of pyridine rings is 1. The van der Waals surface area contributed by atoms with E-state index in [1.165, 1.54) is 24.8 Å². The second-order valence-corrected chi connectivity index (χ2v) is 7.14. The van der Waals surface area contributed by atoms with Crippen LogP contribution in [0, 0.1) is 0 Å². The number of aromatic nitrogens is 1. The van der Waals surface area contributed by atoms with Crippen LogP contribution in [0.4, 0.5) is 0 Å². The maximum atomic E-state index is 6.11. The van der Waals surface area contributed by atoms with Crippen LogP contribution in [0.15, 0.2) is 18.5 Å². The summed E-state index contributed by atoms with van der Waals surface area (Å²) in [4.78, 5) is 4.40. The third kappa shape index (κ3) is 2.87. The molecule has 3 heterocycles. The Kier molecular flexibility index (Phi) is 3.84. The van der Waals surface area contributed by atoms with Gasteiger partial charge in [-0.25, -0.2) is 0 Å². The molecule has 2 fully saturated rings. The smallest absolute Gasteiger partial charge is 0.399 e. The minimum atomic E-state index is -0.328. The predicted octanol–water partition coefficient (Wildman–Crippen LogP) is 2.20. The standard InChI is InChI=1S/C16H25BN2O2/c1-15(2)16(3,4)21-17(20-15)13-9-12(10-18-11-13)14-7-5-6-8-19-14/h9-11,14,19H,5-8H2,1-4H3/t14-/m1/s1. The first-order valence-electron chi connectivity index (χ1n) is 7.93. The van der Waals surface area contributed by atoms with Crippen LogP contribution in [0.1, 0.15) is 58.6 Å². The topological polar surface area (TPSA) is 43.4 Å². The molecule has 2 aliphatic rings. The van der Waals surface area contributed by atoms with Crippen molar-refractivity contribution in [3.8, 4) is 0 Å². The van der Waals surface area contributed by atoms with Gasteiger partial charge in [-0.15, -0.1) is 0 Å². The lowest BCUT2D eigenvalue weighted by molar-refractivity contribution is 0.00578. The van der Waals surface area contributed by atoms with Gasteiger partial charge < -0.3 is 14.6 Å². The average molecular weight is 288 g/mol. The van der Waals surface area contributed by atoms with Gasteiger partial charge >= 0.3 is 7.12 Å². The summed E-state index contributed by atoms with van der Waals surface area (Å²) in [6, 6.07) is 2.59. The van der Waals surface area contributed by atoms with E-state index < -0.39 is 0 Å². The van der Waals surface area contributed by atoms with E-state index in [0.29, 0.717) is 6.04 Å². The Morgan fingerprint density at radius 3 is 2.48 bits per heavy atom. The minimum Gasteiger partial charge on any atom is -0.399 e. The van der Waals surface area contributed by atoms with Crippen LogP contribution in [0.2, 0.25) is 0 Å². The highest BCUT2D eigenvalue weighted by Gasteiger charge is 2.51. The number of hydrogen-bond acceptors (Lipinski definition) is 4. The van der Waals surface area contributed by atoms with E-state index in [2.05, 4.69) is 44.1 Å². The summed E-state index contributed by atoms with van der Waals surface area (Å²) < 4.78 is 12.2. The molecule has 0 unspecified atom stereocenters. The van der Waals surface area contributed by atoms with E-state index >= 15 is 0 Å². The van der Waals surface area contributed by atoms with Gasteiger partial charge in [0.25, 0.3) is 0 Å². The third-order valence-corrected chi connectivity index (χ3v) is 5.02. The number of rotatable bonds is 2. The van der Waals surface area contributed by atoms with Crippen molar-refractivity contribution < 1.29 is 9.31 Å². The highest BCUT2D eigenvalue weighted by molar-refractivity contribution is 6.62. The van der Waals surface area contributed by atoms with Crippen molar-refractivity contribution in [3.05, 3.63) is 24.0 Å². The van der Waals surface area contributed by atoms with E-state index in [1.54, 1.807) is 0 Å². The lowest BCUT2D eigenvalue weighted by atomic mass is 9.79. The van der Waals surface area contributed by atoms with Crippen LogP contribution in [-0.2, 0) is 9.31 Å². The molecule has 114 valence electrons. The first-order valence-corrected chi connectivity index (χ1v) is 7.93. The Morgan fingerprint density at radius 1 is 1.14 bits per heavy atom. The number of nitrogens with one attached hydrogen (secondary N) is 1. The second-order valence-electron chi connectivity index (χ2n) is 7.14. The molecule has 1 N–H and O–H groups in total. The van der Waals surface area contributed by atoms with Gasteiger partial charge in [-0.3, -0.25) is 4.98 Å². The molecule has 2 saturated heterocycles. The molecular weight excluding hydrogens is 263 g/mol. The Labute approximate surface area is 127 Å². The van der Waals surface area contributed by atoms with Crippen molar-refractivity contribution in [3.63, 3.8) is 0 Å². The van der Waals surface area contributed by atoms with E-state index in [9.17, 15) is 0 Å². The van der Waals surface area contributed by atoms with Crippen LogP contribution in [0.3, 0.4) is 0 Å². The van der Waals surface area contributed by atoms with Gasteiger partial charge in [-0.05, 0) is 52.6 Å². The summed E-state index contributed by atoms with van der Waals surface area (Å²) >= 11 is 0. The number of hydrogen-bond donors (Lipinski definition) is 1. The van der Waals surface area contributed by atoms with Crippen LogP contribution in [0.5, 0.6) is 0 Å². The molecule has 1 aromatic rings. The maximum absolute atomic E-state index is 6.11. The fourth-order valence-electron chi connectivity index (χ4n) is 2.91. The highest BCUT2D eigenvalue weighted by atomic mass is 16.7. The van der Waals surface area contributed by atoms with Crippen molar-refractivity contribution >= 4 is 12.6 Å². The van der Waals surface area contributed by atoms with Gasteiger partial charge in [-0.2, -0.15) is 0 Å². The molecule has 4 nitrogen and oxygen atoms in total. The normalized spacial score (nSPS) is 27.8. The molecule has 1 atom stereocenters. The molecule has 0 spiro atoms. The summed E-state index contributed by atoms with van der Waals surface area (Å²) in [5.74, 6) is 0. The zero-order chi connectivity index (χ0) is 15.1. The monoisotopic (exact) mass is 288 g/mol. The van der Waals surface area contributed by atoms with Gasteiger partial charge in [0.1, 0.15) is 0 Å². The van der Waals surface area contributed by atoms with E-state index in [1.807, 2.05) is 12.4 Å². The minimum absolute atomic E-state index is 0.309. The Morgan fingerprint density at radius 2 is 1.86 bits per heavy atom. The van der Waals surface area contributed by atoms with Crippen molar-refractivity contribution in [2.75, 3.05) is 6.54 Å². The third-order valence-electron chi connectivity index (χ3n) is 5.02. The lowest BCUT2D eigenvalue weighted by Gasteiger charge is -2.32. The lowest BCUT2D eigenvalue weighted by Crippen LogP contribution is -2.41. The van der Waals surface area contributed by atoms with Crippen LogP contribution in [0.25, 0.3) is 0 Å². The largest absolute Gasteiger partial charge is 0.496 e. The van der Waals surface area contributed by atoms with Gasteiger partial charge in [0, 0.05) is 23.9 Å². The van der Waals surface area contributed by atoms with Gasteiger partial charge in [0.2, 0.25) is 0 Å². The number of nitrogens with zero attached hydrogens (tertiary/aromatic N) is 1. The van der Waals surface area contributed by atoms with E-state index in [4.69, 9.17) is 9.31 Å². The summed E-state index contributed by atoms with van der Waals surface area (Å²) in [6.07, 6.45) is 7.53. The molecule has 21 heavy (non-hydrogen) atoms. The zero-order valence-electron chi connectivity index (χ0n) is 13.5. The fraction of sp³-hybridized carbons (Fsp3) is 0.688. The Hall–Kier alpha value is -0.905. The van der Waals surface area contributed by atoms with Gasteiger partial charge in [0.05, 0.1) is 11.2 Å². The Balaban J connectivity index is 1.81. The van der Waals surface area contributed by atoms with Crippen LogP contribution in [-0.4, -0.2) is 29.8 Å². The molecule has 1 aromatic heterocycles. The average Bonchev–Trinajstić information content (AvgIpc) is 2.69. The summed E-state index contributed by atoms with van der Waals surface area (Å²) in [5.41, 5.74) is 1.63. The van der Waals surface area contributed by atoms with Crippen molar-refractivity contribution in [2.24, 2.45) is 0 Å². The van der Waals surface area contributed by atoms with Gasteiger partial charge in [-0.1, -0.05) is 12.5 Å². The molecule has 2 aliphatic heterocycles. The molecule has 0 amide bonds. The van der Waals surface area contributed by atoms with Gasteiger partial charge in [0.15, 0.2) is 0 Å². The summed E-state index contributed by atoms with van der Waals surface area (Å²) in [6.45, 7) is 9.39. The first kappa shape index (κ1) is 15.0. The SMILES string of the molecule is CC1(C)OB(c2cncc([C@H]3CCCCN3)c2)OC1(C)C. The Bertz CT molecular complexity index is 497. The molecule has 0 radical (unpaired) electrons. The predicted molar refractivity (Wildman–Crippen MR) is 84.5 cm³/mol. The quantitative estimate of drug-likeness (QED) is 0.847.